The number of nitrogens with one attached hydrogen (secondary N) is 1. The van der Waals surface area contributed by atoms with Crippen LogP contribution < -0.4 is 5.32 Å². The van der Waals surface area contributed by atoms with Crippen LogP contribution >= 0.6 is 0 Å². The summed E-state index contributed by atoms with van der Waals surface area (Å²) in [5.41, 5.74) is 0. The minimum atomic E-state index is 0.514. The van der Waals surface area contributed by atoms with Crippen LogP contribution in [0.2, 0.25) is 0 Å². The van der Waals surface area contributed by atoms with Gasteiger partial charge in [-0.1, -0.05) is 0 Å². The average molecular weight is 99.1 g/mol. The van der Waals surface area contributed by atoms with Gasteiger partial charge in [-0.05, 0) is 5.16 Å². The molecule has 0 saturated heterocycles. The molecule has 0 aliphatic rings. The third-order valence-corrected chi connectivity index (χ3v) is 0.585. The highest BCUT2D eigenvalue weighted by Gasteiger charge is 1.86. The maximum Gasteiger partial charge on any atom is 0.262 e. The van der Waals surface area contributed by atoms with Crippen molar-refractivity contribution in [1.82, 2.24) is 10.1 Å². The van der Waals surface area contributed by atoms with Gasteiger partial charge in [0.15, 0.2) is 0 Å². The molecule has 7 heavy (non-hydrogen) atoms. The van der Waals surface area contributed by atoms with Crippen LogP contribution in [-0.2, 0) is 0 Å². The minimum Gasteiger partial charge on any atom is -0.355 e. The van der Waals surface area contributed by atoms with Crippen LogP contribution in [0.5, 0.6) is 0 Å². The highest BCUT2D eigenvalue weighted by Crippen LogP contribution is 1.89. The van der Waals surface area contributed by atoms with E-state index >= 15 is 0 Å². The first-order valence-electron chi connectivity index (χ1n) is 1.87. The molecule has 1 aromatic heterocycles. The van der Waals surface area contributed by atoms with Gasteiger partial charge < -0.3 is 9.84 Å². The summed E-state index contributed by atoms with van der Waals surface area (Å²) in [6.07, 6.45) is 1.27. The monoisotopic (exact) mass is 99.0 g/mol. The first-order valence-corrected chi connectivity index (χ1v) is 1.87. The molecule has 0 spiro atoms. The largest absolute Gasteiger partial charge is 0.355 e. The fourth-order valence-corrected chi connectivity index (χ4v) is 0.281. The maximum absolute atomic E-state index is 4.38. The van der Waals surface area contributed by atoms with Crippen molar-refractivity contribution < 1.29 is 4.52 Å². The van der Waals surface area contributed by atoms with E-state index in [1.54, 1.807) is 7.05 Å². The van der Waals surface area contributed by atoms with E-state index in [9.17, 15) is 0 Å². The SMILES string of the molecule is CNc1ncon1. The van der Waals surface area contributed by atoms with Crippen LogP contribution in [0.4, 0.5) is 5.95 Å². The first kappa shape index (κ1) is 4.11. The number of nitrogens with zero attached hydrogens (tertiary/aromatic N) is 2. The van der Waals surface area contributed by atoms with Gasteiger partial charge in [-0.25, -0.2) is 0 Å². The van der Waals surface area contributed by atoms with Crippen molar-refractivity contribution in [3.8, 4) is 0 Å². The molecule has 0 fully saturated rings. The van der Waals surface area contributed by atoms with Crippen molar-refractivity contribution in [3.63, 3.8) is 0 Å². The van der Waals surface area contributed by atoms with Crippen molar-refractivity contribution in [3.05, 3.63) is 6.39 Å². The standard InChI is InChI=1S/C3H5N3O/c1-4-3-5-2-7-6-3/h2H,1H3,(H,4,6). The van der Waals surface area contributed by atoms with E-state index in [-0.39, 0.29) is 0 Å². The van der Waals surface area contributed by atoms with Crippen LogP contribution in [0.25, 0.3) is 0 Å². The fraction of sp³-hybridized carbons (Fsp3) is 0.333. The lowest BCUT2D eigenvalue weighted by Crippen LogP contribution is -1.87. The lowest BCUT2D eigenvalue weighted by Gasteiger charge is -1.80. The summed E-state index contributed by atoms with van der Waals surface area (Å²) < 4.78 is 4.38. The van der Waals surface area contributed by atoms with Gasteiger partial charge in [0, 0.05) is 7.05 Å². The Morgan fingerprint density at radius 1 is 1.86 bits per heavy atom. The molecule has 0 saturated carbocycles. The van der Waals surface area contributed by atoms with Crippen molar-refractivity contribution in [1.29, 1.82) is 0 Å². The van der Waals surface area contributed by atoms with E-state index in [4.69, 9.17) is 0 Å². The summed E-state index contributed by atoms with van der Waals surface area (Å²) in [5, 5.41) is 6.13. The Kier molecular flexibility index (Phi) is 0.934. The highest BCUT2D eigenvalue weighted by molar-refractivity contribution is 5.16. The molecule has 38 valence electrons. The van der Waals surface area contributed by atoms with E-state index in [0.717, 1.165) is 0 Å². The third kappa shape index (κ3) is 0.677. The van der Waals surface area contributed by atoms with Gasteiger partial charge in [0.05, 0.1) is 0 Å². The Balaban J connectivity index is 2.76. The smallest absolute Gasteiger partial charge is 0.262 e. The summed E-state index contributed by atoms with van der Waals surface area (Å²) in [7, 11) is 1.73. The number of rotatable bonds is 1. The molecule has 1 heterocycles. The molecule has 4 heteroatoms. The highest BCUT2D eigenvalue weighted by atomic mass is 16.5. The van der Waals surface area contributed by atoms with Crippen molar-refractivity contribution in [2.45, 2.75) is 0 Å². The third-order valence-electron chi connectivity index (χ3n) is 0.585. The molecule has 0 unspecified atom stereocenters. The van der Waals surface area contributed by atoms with Gasteiger partial charge in [0.25, 0.3) is 5.95 Å². The second-order valence-electron chi connectivity index (χ2n) is 1.00. The van der Waals surface area contributed by atoms with Gasteiger partial charge >= 0.3 is 0 Å². The van der Waals surface area contributed by atoms with Crippen LogP contribution in [0.15, 0.2) is 10.9 Å². The summed E-state index contributed by atoms with van der Waals surface area (Å²) >= 11 is 0. The van der Waals surface area contributed by atoms with Gasteiger partial charge in [-0.15, -0.1) is 0 Å². The first-order chi connectivity index (χ1) is 3.43. The van der Waals surface area contributed by atoms with Gasteiger partial charge in [-0.3, -0.25) is 0 Å². The molecule has 0 aromatic carbocycles. The number of hydrogen-bond acceptors (Lipinski definition) is 4. The van der Waals surface area contributed by atoms with Crippen LogP contribution in [0.3, 0.4) is 0 Å². The summed E-state index contributed by atoms with van der Waals surface area (Å²) in [5.74, 6) is 0.514. The second kappa shape index (κ2) is 1.59. The molecule has 0 atom stereocenters. The quantitative estimate of drug-likeness (QED) is 0.543. The van der Waals surface area contributed by atoms with Crippen molar-refractivity contribution >= 4 is 5.95 Å². The molecule has 4 nitrogen and oxygen atoms in total. The average Bonchev–Trinajstić information content (AvgIpc) is 2.14. The zero-order valence-corrected chi connectivity index (χ0v) is 3.88. The molecule has 1 N–H and O–H groups in total. The maximum atomic E-state index is 4.38. The molecule has 0 aliphatic heterocycles. The second-order valence-corrected chi connectivity index (χ2v) is 1.00. The number of hydrogen-bond donors (Lipinski definition) is 1. The van der Waals surface area contributed by atoms with Gasteiger partial charge in [-0.2, -0.15) is 4.98 Å². The molecule has 0 radical (unpaired) electrons. The molecule has 1 rings (SSSR count). The summed E-state index contributed by atoms with van der Waals surface area (Å²) in [6.45, 7) is 0. The van der Waals surface area contributed by atoms with E-state index < -0.39 is 0 Å². The Morgan fingerprint density at radius 2 is 2.71 bits per heavy atom. The topological polar surface area (TPSA) is 51.0 Å². The fourth-order valence-electron chi connectivity index (χ4n) is 0.281. The number of aromatic nitrogens is 2. The van der Waals surface area contributed by atoms with E-state index in [2.05, 4.69) is 20.0 Å². The lowest BCUT2D eigenvalue weighted by atomic mass is 11.0. The van der Waals surface area contributed by atoms with Gasteiger partial charge in [0.1, 0.15) is 0 Å². The zero-order valence-electron chi connectivity index (χ0n) is 3.88. The van der Waals surface area contributed by atoms with E-state index in [0.29, 0.717) is 5.95 Å². The lowest BCUT2D eigenvalue weighted by molar-refractivity contribution is 0.419. The van der Waals surface area contributed by atoms with Crippen molar-refractivity contribution in [2.75, 3.05) is 12.4 Å². The van der Waals surface area contributed by atoms with Crippen LogP contribution in [-0.4, -0.2) is 17.2 Å². The Bertz CT molecular complexity index is 125. The molecule has 0 bridgehead atoms. The molecule has 1 aromatic rings. The molecular formula is C3H5N3O. The predicted octanol–water partition coefficient (Wildman–Crippen LogP) is 0.111. The summed E-state index contributed by atoms with van der Waals surface area (Å²) in [6, 6.07) is 0. The van der Waals surface area contributed by atoms with Crippen LogP contribution in [0, 0.1) is 0 Å². The molecule has 0 aliphatic carbocycles. The summed E-state index contributed by atoms with van der Waals surface area (Å²) in [4.78, 5) is 3.65. The Labute approximate surface area is 40.5 Å². The van der Waals surface area contributed by atoms with E-state index in [1.165, 1.54) is 6.39 Å². The van der Waals surface area contributed by atoms with E-state index in [1.807, 2.05) is 0 Å². The van der Waals surface area contributed by atoms with Gasteiger partial charge in [0.2, 0.25) is 6.39 Å². The predicted molar refractivity (Wildman–Crippen MR) is 23.8 cm³/mol. The minimum absolute atomic E-state index is 0.514. The molecule has 0 amide bonds. The Hall–Kier alpha value is -1.06. The Morgan fingerprint density at radius 3 is 3.00 bits per heavy atom. The normalized spacial score (nSPS) is 8.71. The molecular weight excluding hydrogens is 94.1 g/mol. The van der Waals surface area contributed by atoms with Crippen molar-refractivity contribution in [2.24, 2.45) is 0 Å². The number of anilines is 1. The zero-order chi connectivity index (χ0) is 5.11. The van der Waals surface area contributed by atoms with Crippen LogP contribution in [0.1, 0.15) is 0 Å².